The van der Waals surface area contributed by atoms with Crippen LogP contribution in [0.2, 0.25) is 0 Å². The van der Waals surface area contributed by atoms with Crippen LogP contribution in [0.25, 0.3) is 22.3 Å². The average Bonchev–Trinajstić information content (AvgIpc) is 2.68. The maximum absolute atomic E-state index is 6.11. The van der Waals surface area contributed by atoms with E-state index >= 15 is 0 Å². The third-order valence-electron chi connectivity index (χ3n) is 4.28. The van der Waals surface area contributed by atoms with E-state index < -0.39 is 0 Å². The van der Waals surface area contributed by atoms with Gasteiger partial charge in [-0.2, -0.15) is 0 Å². The molecule has 0 amide bonds. The highest BCUT2D eigenvalue weighted by molar-refractivity contribution is 5.80. The fourth-order valence-electron chi connectivity index (χ4n) is 2.85. The lowest BCUT2D eigenvalue weighted by Gasteiger charge is -2.15. The highest BCUT2D eigenvalue weighted by atomic mass is 16.5. The van der Waals surface area contributed by atoms with Crippen molar-refractivity contribution in [2.24, 2.45) is 0 Å². The van der Waals surface area contributed by atoms with Gasteiger partial charge in [-0.25, -0.2) is 4.98 Å². The molecule has 134 valence electrons. The molecule has 3 rings (SSSR count). The molecular formula is C21H22N2O3. The summed E-state index contributed by atoms with van der Waals surface area (Å²) in [5, 5.41) is 0. The highest BCUT2D eigenvalue weighted by Gasteiger charge is 2.15. The molecule has 0 unspecified atom stereocenters. The Bertz CT molecular complexity index is 896. The molecule has 0 fully saturated rings. The summed E-state index contributed by atoms with van der Waals surface area (Å²) in [5.41, 5.74) is 11.0. The number of methoxy groups -OCH3 is 3. The van der Waals surface area contributed by atoms with Gasteiger partial charge in [0, 0.05) is 17.3 Å². The minimum atomic E-state index is 0.491. The lowest BCUT2D eigenvalue weighted by molar-refractivity contribution is 0.324. The summed E-state index contributed by atoms with van der Waals surface area (Å²) in [7, 11) is 4.78. The predicted molar refractivity (Wildman–Crippen MR) is 104 cm³/mol. The number of anilines is 1. The van der Waals surface area contributed by atoms with E-state index in [1.807, 2.05) is 30.3 Å². The predicted octanol–water partition coefficient (Wildman–Crippen LogP) is 4.33. The number of rotatable bonds is 5. The van der Waals surface area contributed by atoms with Gasteiger partial charge < -0.3 is 19.9 Å². The van der Waals surface area contributed by atoms with Gasteiger partial charge in [0.15, 0.2) is 11.5 Å². The van der Waals surface area contributed by atoms with Crippen molar-refractivity contribution in [2.45, 2.75) is 6.92 Å². The molecule has 2 N–H and O–H groups in total. The molecule has 0 atom stereocenters. The Labute approximate surface area is 153 Å². The van der Waals surface area contributed by atoms with Gasteiger partial charge >= 0.3 is 0 Å². The molecule has 1 heterocycles. The van der Waals surface area contributed by atoms with E-state index in [0.717, 1.165) is 22.3 Å². The zero-order chi connectivity index (χ0) is 18.7. The topological polar surface area (TPSA) is 66.6 Å². The van der Waals surface area contributed by atoms with Crippen molar-refractivity contribution >= 4 is 5.82 Å². The van der Waals surface area contributed by atoms with Crippen LogP contribution in [0, 0.1) is 6.92 Å². The minimum absolute atomic E-state index is 0.491. The molecule has 26 heavy (non-hydrogen) atoms. The van der Waals surface area contributed by atoms with Crippen molar-refractivity contribution in [1.29, 1.82) is 0 Å². The Hall–Kier alpha value is -3.21. The van der Waals surface area contributed by atoms with Crippen LogP contribution >= 0.6 is 0 Å². The largest absolute Gasteiger partial charge is 0.493 e. The molecule has 0 spiro atoms. The molecule has 0 aliphatic rings. The van der Waals surface area contributed by atoms with Crippen LogP contribution in [0.15, 0.2) is 48.7 Å². The van der Waals surface area contributed by atoms with Crippen molar-refractivity contribution in [3.05, 3.63) is 54.2 Å². The number of nitrogen functional groups attached to an aromatic ring is 1. The van der Waals surface area contributed by atoms with Crippen molar-refractivity contribution in [3.8, 4) is 39.5 Å². The number of benzene rings is 2. The summed E-state index contributed by atoms with van der Waals surface area (Å²) in [6, 6.07) is 14.0. The number of aromatic nitrogens is 1. The van der Waals surface area contributed by atoms with E-state index in [4.69, 9.17) is 19.9 Å². The number of nitrogens with zero attached hydrogens (tertiary/aromatic N) is 1. The number of hydrogen-bond donors (Lipinski definition) is 1. The lowest BCUT2D eigenvalue weighted by Crippen LogP contribution is -1.97. The number of aryl methyl sites for hydroxylation is 1. The molecule has 0 bridgehead atoms. The maximum atomic E-state index is 6.11. The fraction of sp³-hybridized carbons (Fsp3) is 0.190. The second-order valence-electron chi connectivity index (χ2n) is 5.94. The Morgan fingerprint density at radius 2 is 1.38 bits per heavy atom. The molecule has 0 aliphatic carbocycles. The molecule has 3 aromatic rings. The smallest absolute Gasteiger partial charge is 0.203 e. The normalized spacial score (nSPS) is 10.5. The maximum Gasteiger partial charge on any atom is 0.203 e. The van der Waals surface area contributed by atoms with E-state index in [2.05, 4.69) is 24.0 Å². The van der Waals surface area contributed by atoms with Gasteiger partial charge in [-0.15, -0.1) is 0 Å². The number of nitrogens with two attached hydrogens (primary N) is 1. The molecule has 1 aromatic heterocycles. The Morgan fingerprint density at radius 1 is 0.769 bits per heavy atom. The van der Waals surface area contributed by atoms with Gasteiger partial charge in [-0.1, -0.05) is 29.8 Å². The molecule has 0 radical (unpaired) electrons. The SMILES string of the molecule is COc1cc(-c2cnc(N)c(-c3ccc(C)cc3)c2)cc(OC)c1OC. The first-order chi connectivity index (χ1) is 12.6. The first-order valence-corrected chi connectivity index (χ1v) is 8.20. The van der Waals surface area contributed by atoms with Gasteiger partial charge in [0.25, 0.3) is 0 Å². The van der Waals surface area contributed by atoms with Crippen LogP contribution in [0.3, 0.4) is 0 Å². The zero-order valence-corrected chi connectivity index (χ0v) is 15.4. The van der Waals surface area contributed by atoms with Crippen LogP contribution < -0.4 is 19.9 Å². The number of pyridine rings is 1. The van der Waals surface area contributed by atoms with E-state index in [0.29, 0.717) is 23.1 Å². The monoisotopic (exact) mass is 350 g/mol. The van der Waals surface area contributed by atoms with Gasteiger partial charge in [-0.3, -0.25) is 0 Å². The third-order valence-corrected chi connectivity index (χ3v) is 4.28. The molecule has 5 heteroatoms. The van der Waals surface area contributed by atoms with Crippen LogP contribution in [0.1, 0.15) is 5.56 Å². The Balaban J connectivity index is 2.13. The Kier molecular flexibility index (Phi) is 4.98. The standard InChI is InChI=1S/C21H22N2O3/c1-13-5-7-14(8-6-13)17-9-16(12-23-21(17)22)15-10-18(24-2)20(26-4)19(11-15)25-3/h5-12H,1-4H3,(H2,22,23). The fourth-order valence-corrected chi connectivity index (χ4v) is 2.85. The molecular weight excluding hydrogens is 328 g/mol. The lowest BCUT2D eigenvalue weighted by atomic mass is 10.00. The van der Waals surface area contributed by atoms with Crippen molar-refractivity contribution in [3.63, 3.8) is 0 Å². The summed E-state index contributed by atoms with van der Waals surface area (Å²) >= 11 is 0. The van der Waals surface area contributed by atoms with E-state index in [1.165, 1.54) is 5.56 Å². The summed E-state index contributed by atoms with van der Waals surface area (Å²) in [5.74, 6) is 2.23. The summed E-state index contributed by atoms with van der Waals surface area (Å²) in [4.78, 5) is 4.37. The molecule has 0 aliphatic heterocycles. The van der Waals surface area contributed by atoms with Gasteiger partial charge in [0.2, 0.25) is 5.75 Å². The van der Waals surface area contributed by atoms with Crippen molar-refractivity contribution in [2.75, 3.05) is 27.1 Å². The first kappa shape index (κ1) is 17.6. The van der Waals surface area contributed by atoms with Crippen molar-refractivity contribution < 1.29 is 14.2 Å². The minimum Gasteiger partial charge on any atom is -0.493 e. The van der Waals surface area contributed by atoms with E-state index in [1.54, 1.807) is 27.5 Å². The summed E-state index contributed by atoms with van der Waals surface area (Å²) in [6.07, 6.45) is 1.74. The first-order valence-electron chi connectivity index (χ1n) is 8.20. The second kappa shape index (κ2) is 7.35. The third kappa shape index (κ3) is 3.28. The van der Waals surface area contributed by atoms with Crippen molar-refractivity contribution in [1.82, 2.24) is 4.98 Å². The summed E-state index contributed by atoms with van der Waals surface area (Å²) < 4.78 is 16.3. The highest BCUT2D eigenvalue weighted by Crippen LogP contribution is 2.41. The molecule has 2 aromatic carbocycles. The average molecular weight is 350 g/mol. The number of ether oxygens (including phenoxy) is 3. The summed E-state index contributed by atoms with van der Waals surface area (Å²) in [6.45, 7) is 2.05. The van der Waals surface area contributed by atoms with Gasteiger partial charge in [0.1, 0.15) is 5.82 Å². The van der Waals surface area contributed by atoms with Crippen LogP contribution in [0.5, 0.6) is 17.2 Å². The quantitative estimate of drug-likeness (QED) is 0.742. The second-order valence-corrected chi connectivity index (χ2v) is 5.94. The Morgan fingerprint density at radius 3 is 1.92 bits per heavy atom. The van der Waals surface area contributed by atoms with Gasteiger partial charge in [-0.05, 0) is 36.2 Å². The van der Waals surface area contributed by atoms with E-state index in [9.17, 15) is 0 Å². The zero-order valence-electron chi connectivity index (χ0n) is 15.4. The molecule has 5 nitrogen and oxygen atoms in total. The van der Waals surface area contributed by atoms with Gasteiger partial charge in [0.05, 0.1) is 21.3 Å². The van der Waals surface area contributed by atoms with Crippen LogP contribution in [-0.2, 0) is 0 Å². The van der Waals surface area contributed by atoms with Crippen LogP contribution in [-0.4, -0.2) is 26.3 Å². The van der Waals surface area contributed by atoms with Crippen LogP contribution in [0.4, 0.5) is 5.82 Å². The molecule has 0 saturated carbocycles. The molecule has 0 saturated heterocycles. The number of hydrogen-bond acceptors (Lipinski definition) is 5. The van der Waals surface area contributed by atoms with E-state index in [-0.39, 0.29) is 0 Å².